The van der Waals surface area contributed by atoms with Crippen LogP contribution in [0.2, 0.25) is 0 Å². The lowest BCUT2D eigenvalue weighted by Crippen LogP contribution is -2.42. The van der Waals surface area contributed by atoms with Crippen molar-refractivity contribution in [2.24, 2.45) is 0 Å². The second kappa shape index (κ2) is 5.56. The Balaban J connectivity index is 2.08. The number of anilines is 2. The molecule has 0 atom stereocenters. The minimum atomic E-state index is -3.76. The van der Waals surface area contributed by atoms with Gasteiger partial charge in [-0.1, -0.05) is 0 Å². The Bertz CT molecular complexity index is 889. The van der Waals surface area contributed by atoms with Crippen LogP contribution < -0.4 is 9.21 Å². The highest BCUT2D eigenvalue weighted by Gasteiger charge is 2.31. The molecule has 0 amide bonds. The van der Waals surface area contributed by atoms with E-state index in [9.17, 15) is 12.8 Å². The molecular weight excluding hydrogens is 317 g/mol. The predicted molar refractivity (Wildman–Crippen MR) is 85.4 cm³/mol. The molecule has 0 fully saturated rings. The zero-order valence-electron chi connectivity index (χ0n) is 12.4. The first-order valence-electron chi connectivity index (χ1n) is 6.97. The minimum absolute atomic E-state index is 0.108. The fraction of sp³-hybridized carbons (Fsp3) is 0.188. The predicted octanol–water partition coefficient (Wildman–Crippen LogP) is 2.34. The molecule has 0 N–H and O–H groups in total. The maximum Gasteiger partial charge on any atom is 0.264 e. The molecule has 23 heavy (non-hydrogen) atoms. The van der Waals surface area contributed by atoms with Crippen LogP contribution in [0.3, 0.4) is 0 Å². The van der Waals surface area contributed by atoms with Crippen molar-refractivity contribution in [2.45, 2.75) is 4.90 Å². The summed E-state index contributed by atoms with van der Waals surface area (Å²) in [6.07, 6.45) is 0. The van der Waals surface area contributed by atoms with Gasteiger partial charge in [0.05, 0.1) is 34.4 Å². The highest BCUT2D eigenvalue weighted by atomic mass is 32.2. The van der Waals surface area contributed by atoms with Gasteiger partial charge in [-0.05, 0) is 42.5 Å². The fourth-order valence-corrected chi connectivity index (χ4v) is 4.04. The molecule has 1 aliphatic heterocycles. The summed E-state index contributed by atoms with van der Waals surface area (Å²) in [6, 6.07) is 11.8. The van der Waals surface area contributed by atoms with Crippen LogP contribution >= 0.6 is 0 Å². The number of hydrogen-bond acceptors (Lipinski definition) is 4. The third kappa shape index (κ3) is 2.62. The van der Waals surface area contributed by atoms with E-state index in [-0.39, 0.29) is 11.4 Å². The molecule has 0 aliphatic carbocycles. The monoisotopic (exact) mass is 331 g/mol. The van der Waals surface area contributed by atoms with Crippen molar-refractivity contribution in [3.05, 3.63) is 53.8 Å². The summed E-state index contributed by atoms with van der Waals surface area (Å²) < 4.78 is 40.5. The Hall–Kier alpha value is -2.59. The second-order valence-electron chi connectivity index (χ2n) is 5.27. The zero-order chi connectivity index (χ0) is 16.6. The first kappa shape index (κ1) is 15.3. The van der Waals surface area contributed by atoms with Crippen LogP contribution in [0.4, 0.5) is 15.8 Å². The van der Waals surface area contributed by atoms with Crippen molar-refractivity contribution in [3.8, 4) is 6.07 Å². The number of rotatable bonds is 2. The summed E-state index contributed by atoms with van der Waals surface area (Å²) >= 11 is 0. The van der Waals surface area contributed by atoms with Crippen LogP contribution in [-0.2, 0) is 10.0 Å². The summed E-state index contributed by atoms with van der Waals surface area (Å²) in [4.78, 5) is 1.93. The van der Waals surface area contributed by atoms with Crippen molar-refractivity contribution in [3.63, 3.8) is 0 Å². The Kier molecular flexibility index (Phi) is 3.70. The van der Waals surface area contributed by atoms with Crippen LogP contribution in [0.5, 0.6) is 0 Å². The molecule has 2 aromatic rings. The Labute approximate surface area is 134 Å². The molecule has 3 rings (SSSR count). The van der Waals surface area contributed by atoms with Crippen LogP contribution in [0, 0.1) is 17.1 Å². The SMILES string of the molecule is CN1CCN(S(=O)(=O)c2ccc(C#N)cc2)c2ccc(F)cc21. The lowest BCUT2D eigenvalue weighted by atomic mass is 10.2. The molecular formula is C16H14FN3O2S. The first-order valence-corrected chi connectivity index (χ1v) is 8.41. The molecule has 0 saturated carbocycles. The highest BCUT2D eigenvalue weighted by Crippen LogP contribution is 2.36. The Morgan fingerprint density at radius 1 is 1.09 bits per heavy atom. The van der Waals surface area contributed by atoms with E-state index in [2.05, 4.69) is 0 Å². The molecule has 7 heteroatoms. The van der Waals surface area contributed by atoms with Gasteiger partial charge in [0, 0.05) is 13.6 Å². The molecule has 0 spiro atoms. The van der Waals surface area contributed by atoms with E-state index < -0.39 is 15.8 Å². The molecule has 0 bridgehead atoms. The van der Waals surface area contributed by atoms with Crippen molar-refractivity contribution in [1.29, 1.82) is 5.26 Å². The third-order valence-electron chi connectivity index (χ3n) is 3.83. The van der Waals surface area contributed by atoms with Gasteiger partial charge in [0.2, 0.25) is 0 Å². The smallest absolute Gasteiger partial charge is 0.264 e. The Morgan fingerprint density at radius 3 is 2.43 bits per heavy atom. The maximum atomic E-state index is 13.5. The molecule has 0 saturated heterocycles. The lowest BCUT2D eigenvalue weighted by molar-refractivity contribution is 0.588. The fourth-order valence-electron chi connectivity index (χ4n) is 2.57. The van der Waals surface area contributed by atoms with E-state index in [0.717, 1.165) is 0 Å². The lowest BCUT2D eigenvalue weighted by Gasteiger charge is -2.36. The van der Waals surface area contributed by atoms with Crippen molar-refractivity contribution < 1.29 is 12.8 Å². The number of hydrogen-bond donors (Lipinski definition) is 0. The minimum Gasteiger partial charge on any atom is -0.371 e. The summed E-state index contributed by atoms with van der Waals surface area (Å²) in [5, 5.41) is 8.81. The third-order valence-corrected chi connectivity index (χ3v) is 5.65. The van der Waals surface area contributed by atoms with Crippen molar-refractivity contribution in [2.75, 3.05) is 29.3 Å². The van der Waals surface area contributed by atoms with Gasteiger partial charge >= 0.3 is 0 Å². The zero-order valence-corrected chi connectivity index (χ0v) is 13.2. The number of sulfonamides is 1. The molecule has 1 aliphatic rings. The molecule has 5 nitrogen and oxygen atoms in total. The van der Waals surface area contributed by atoms with Gasteiger partial charge < -0.3 is 4.90 Å². The van der Waals surface area contributed by atoms with Crippen LogP contribution in [0.1, 0.15) is 5.56 Å². The number of benzene rings is 2. The normalized spacial score (nSPS) is 14.3. The van der Waals surface area contributed by atoms with Gasteiger partial charge in [0.1, 0.15) is 5.82 Å². The average Bonchev–Trinajstić information content (AvgIpc) is 2.55. The molecule has 2 aromatic carbocycles. The average molecular weight is 331 g/mol. The molecule has 0 aromatic heterocycles. The molecule has 1 heterocycles. The van der Waals surface area contributed by atoms with Gasteiger partial charge in [-0.3, -0.25) is 4.31 Å². The van der Waals surface area contributed by atoms with Gasteiger partial charge in [-0.15, -0.1) is 0 Å². The summed E-state index contributed by atoms with van der Waals surface area (Å²) in [5.74, 6) is -0.409. The quantitative estimate of drug-likeness (QED) is 0.847. The highest BCUT2D eigenvalue weighted by molar-refractivity contribution is 7.92. The van der Waals surface area contributed by atoms with E-state index in [4.69, 9.17) is 5.26 Å². The Morgan fingerprint density at radius 2 is 1.78 bits per heavy atom. The van der Waals surface area contributed by atoms with Crippen molar-refractivity contribution in [1.82, 2.24) is 0 Å². The second-order valence-corrected chi connectivity index (χ2v) is 7.13. The standard InChI is InChI=1S/C16H14FN3O2S/c1-19-8-9-20(15-7-4-13(17)10-16(15)19)23(21,22)14-5-2-12(11-18)3-6-14/h2-7,10H,8-9H2,1H3. The number of fused-ring (bicyclic) bond motifs is 1. The van der Waals surface area contributed by atoms with E-state index in [0.29, 0.717) is 23.5 Å². The molecule has 0 radical (unpaired) electrons. The van der Waals surface area contributed by atoms with Gasteiger partial charge in [0.25, 0.3) is 10.0 Å². The van der Waals surface area contributed by atoms with E-state index in [1.165, 1.54) is 46.8 Å². The van der Waals surface area contributed by atoms with Crippen LogP contribution in [-0.4, -0.2) is 28.6 Å². The number of nitrogens with zero attached hydrogens (tertiary/aromatic N) is 3. The number of nitriles is 1. The number of halogens is 1. The molecule has 0 unspecified atom stereocenters. The van der Waals surface area contributed by atoms with E-state index in [1.807, 2.05) is 11.0 Å². The summed E-state index contributed by atoms with van der Waals surface area (Å²) in [5.41, 5.74) is 1.38. The topological polar surface area (TPSA) is 64.4 Å². The van der Waals surface area contributed by atoms with E-state index >= 15 is 0 Å². The maximum absolute atomic E-state index is 13.5. The molecule has 118 valence electrons. The van der Waals surface area contributed by atoms with Crippen molar-refractivity contribution >= 4 is 21.4 Å². The first-order chi connectivity index (χ1) is 10.9. The van der Waals surface area contributed by atoms with E-state index in [1.54, 1.807) is 7.05 Å². The largest absolute Gasteiger partial charge is 0.371 e. The van der Waals surface area contributed by atoms with Gasteiger partial charge in [-0.25, -0.2) is 12.8 Å². The number of likely N-dealkylation sites (N-methyl/N-ethyl adjacent to an activating group) is 1. The summed E-state index contributed by atoms with van der Waals surface area (Å²) in [7, 11) is -1.97. The van der Waals surface area contributed by atoms with Gasteiger partial charge in [0.15, 0.2) is 0 Å². The van der Waals surface area contributed by atoms with Crippen LogP contribution in [0.15, 0.2) is 47.4 Å². The van der Waals surface area contributed by atoms with Crippen LogP contribution in [0.25, 0.3) is 0 Å². The van der Waals surface area contributed by atoms with Gasteiger partial charge in [-0.2, -0.15) is 5.26 Å². The summed E-state index contributed by atoms with van der Waals surface area (Å²) in [6.45, 7) is 0.740.